The van der Waals surface area contributed by atoms with Gasteiger partial charge in [-0.1, -0.05) is 0 Å². The molecule has 0 unspecified atom stereocenters. The Morgan fingerprint density at radius 3 is 2.89 bits per heavy atom. The van der Waals surface area contributed by atoms with Crippen molar-refractivity contribution >= 4 is 11.3 Å². The summed E-state index contributed by atoms with van der Waals surface area (Å²) in [4.78, 5) is 4.26. The van der Waals surface area contributed by atoms with Crippen LogP contribution in [0.15, 0.2) is 23.6 Å². The highest BCUT2D eigenvalue weighted by atomic mass is 32.1. The predicted molar refractivity (Wildman–Crippen MR) is 68.2 cm³/mol. The molecule has 0 saturated heterocycles. The van der Waals surface area contributed by atoms with Crippen LogP contribution in [0.2, 0.25) is 0 Å². The lowest BCUT2D eigenvalue weighted by molar-refractivity contribution is 0.189. The van der Waals surface area contributed by atoms with Crippen molar-refractivity contribution in [1.29, 1.82) is 0 Å². The van der Waals surface area contributed by atoms with Crippen molar-refractivity contribution in [3.05, 3.63) is 45.7 Å². The van der Waals surface area contributed by atoms with Crippen LogP contribution in [0.25, 0.3) is 0 Å². The number of halogens is 1. The molecule has 0 spiro atoms. The fourth-order valence-electron chi connectivity index (χ4n) is 1.60. The number of hydrogen-bond donors (Lipinski definition) is 1. The number of aliphatic hydroxyl groups excluding tert-OH is 1. The first-order valence-corrected chi connectivity index (χ1v) is 6.45. The van der Waals surface area contributed by atoms with E-state index < -0.39 is 6.10 Å². The number of hydrogen-bond acceptors (Lipinski definition) is 4. The second-order valence-electron chi connectivity index (χ2n) is 4.00. The zero-order valence-electron chi connectivity index (χ0n) is 10.2. The highest BCUT2D eigenvalue weighted by Gasteiger charge is 2.11. The lowest BCUT2D eigenvalue weighted by atomic mass is 10.1. The average Bonchev–Trinajstić information content (AvgIpc) is 2.72. The number of aromatic nitrogens is 1. The quantitative estimate of drug-likeness (QED) is 0.924. The first-order valence-electron chi connectivity index (χ1n) is 5.57. The van der Waals surface area contributed by atoms with Gasteiger partial charge in [0.05, 0.1) is 16.8 Å². The van der Waals surface area contributed by atoms with E-state index in [-0.39, 0.29) is 12.4 Å². The molecule has 2 rings (SSSR count). The molecule has 0 radical (unpaired) electrons. The van der Waals surface area contributed by atoms with E-state index in [4.69, 9.17) is 4.74 Å². The van der Waals surface area contributed by atoms with Gasteiger partial charge in [-0.2, -0.15) is 0 Å². The van der Waals surface area contributed by atoms with Crippen molar-refractivity contribution in [3.63, 3.8) is 0 Å². The molecule has 3 nitrogen and oxygen atoms in total. The zero-order valence-corrected chi connectivity index (χ0v) is 11.0. The van der Waals surface area contributed by atoms with Gasteiger partial charge in [-0.25, -0.2) is 9.37 Å². The van der Waals surface area contributed by atoms with E-state index in [9.17, 15) is 9.50 Å². The molecule has 0 amide bonds. The molecule has 0 saturated carbocycles. The van der Waals surface area contributed by atoms with Gasteiger partial charge in [0.2, 0.25) is 0 Å². The highest BCUT2D eigenvalue weighted by Crippen LogP contribution is 2.26. The van der Waals surface area contributed by atoms with E-state index in [1.54, 1.807) is 6.92 Å². The van der Waals surface area contributed by atoms with Gasteiger partial charge in [0.1, 0.15) is 18.2 Å². The van der Waals surface area contributed by atoms with Crippen LogP contribution in [0.4, 0.5) is 4.39 Å². The molecule has 96 valence electrons. The van der Waals surface area contributed by atoms with E-state index in [0.29, 0.717) is 11.3 Å². The highest BCUT2D eigenvalue weighted by molar-refractivity contribution is 7.09. The van der Waals surface area contributed by atoms with Crippen molar-refractivity contribution in [2.24, 2.45) is 0 Å². The van der Waals surface area contributed by atoms with Gasteiger partial charge < -0.3 is 9.84 Å². The summed E-state index contributed by atoms with van der Waals surface area (Å²) in [5.41, 5.74) is 1.38. The first-order chi connectivity index (χ1) is 8.56. The Kier molecular flexibility index (Phi) is 3.93. The van der Waals surface area contributed by atoms with Crippen molar-refractivity contribution in [3.8, 4) is 5.75 Å². The molecule has 0 bridgehead atoms. The van der Waals surface area contributed by atoms with Crippen LogP contribution in [0, 0.1) is 12.7 Å². The maximum Gasteiger partial charge on any atom is 0.131 e. The minimum absolute atomic E-state index is 0.271. The minimum atomic E-state index is -0.697. The molecule has 1 aromatic carbocycles. The van der Waals surface area contributed by atoms with Gasteiger partial charge in [0.15, 0.2) is 0 Å². The third-order valence-corrected chi connectivity index (χ3v) is 3.29. The molecule has 2 aromatic rings. The monoisotopic (exact) mass is 267 g/mol. The van der Waals surface area contributed by atoms with E-state index >= 15 is 0 Å². The number of thiazole rings is 1. The first kappa shape index (κ1) is 13.0. The lowest BCUT2D eigenvalue weighted by Crippen LogP contribution is -2.02. The van der Waals surface area contributed by atoms with Gasteiger partial charge >= 0.3 is 0 Å². The SMILES string of the molecule is Cc1nc(COc2cc(F)ccc2[C@@H](C)O)cs1. The number of aryl methyl sites for hydroxylation is 1. The molecule has 1 atom stereocenters. The van der Waals surface area contributed by atoms with Crippen LogP contribution in [0.3, 0.4) is 0 Å². The second kappa shape index (κ2) is 5.46. The number of rotatable bonds is 4. The number of ether oxygens (including phenoxy) is 1. The predicted octanol–water partition coefficient (Wildman–Crippen LogP) is 3.22. The van der Waals surface area contributed by atoms with Crippen molar-refractivity contribution in [2.75, 3.05) is 0 Å². The summed E-state index contributed by atoms with van der Waals surface area (Å²) in [5.74, 6) is -0.0282. The smallest absolute Gasteiger partial charge is 0.131 e. The lowest BCUT2D eigenvalue weighted by Gasteiger charge is -2.12. The summed E-state index contributed by atoms with van der Waals surface area (Å²) in [5, 5.41) is 12.4. The van der Waals surface area contributed by atoms with E-state index in [0.717, 1.165) is 10.7 Å². The fraction of sp³-hybridized carbons (Fsp3) is 0.308. The summed E-state index contributed by atoms with van der Waals surface area (Å²) in [6.07, 6.45) is -0.697. The van der Waals surface area contributed by atoms with Gasteiger partial charge in [-0.15, -0.1) is 11.3 Å². The van der Waals surface area contributed by atoms with Gasteiger partial charge in [0.25, 0.3) is 0 Å². The Balaban J connectivity index is 2.15. The molecule has 0 fully saturated rings. The summed E-state index contributed by atoms with van der Waals surface area (Å²) in [6.45, 7) is 3.80. The molecular formula is C13H14FNO2S. The summed E-state index contributed by atoms with van der Waals surface area (Å²) < 4.78 is 18.7. The Labute approximate surface area is 109 Å². The van der Waals surface area contributed by atoms with Gasteiger partial charge in [-0.05, 0) is 26.0 Å². The van der Waals surface area contributed by atoms with Crippen molar-refractivity contribution in [1.82, 2.24) is 4.98 Å². The third-order valence-electron chi connectivity index (χ3n) is 2.47. The van der Waals surface area contributed by atoms with Crippen LogP contribution in [-0.4, -0.2) is 10.1 Å². The maximum absolute atomic E-state index is 13.2. The molecular weight excluding hydrogens is 253 g/mol. The zero-order chi connectivity index (χ0) is 13.1. The normalized spacial score (nSPS) is 12.4. The van der Waals surface area contributed by atoms with Crippen LogP contribution in [-0.2, 0) is 6.61 Å². The molecule has 18 heavy (non-hydrogen) atoms. The number of nitrogens with zero attached hydrogens (tertiary/aromatic N) is 1. The van der Waals surface area contributed by atoms with Gasteiger partial charge in [0, 0.05) is 17.0 Å². The van der Waals surface area contributed by atoms with E-state index in [1.807, 2.05) is 12.3 Å². The maximum atomic E-state index is 13.2. The molecule has 0 aliphatic carbocycles. The largest absolute Gasteiger partial charge is 0.487 e. The molecule has 0 aliphatic rings. The third kappa shape index (κ3) is 3.05. The molecule has 1 heterocycles. The summed E-state index contributed by atoms with van der Waals surface area (Å²) in [7, 11) is 0. The van der Waals surface area contributed by atoms with Crippen molar-refractivity contribution in [2.45, 2.75) is 26.6 Å². The topological polar surface area (TPSA) is 42.4 Å². The Morgan fingerprint density at radius 2 is 2.28 bits per heavy atom. The average molecular weight is 267 g/mol. The van der Waals surface area contributed by atoms with Crippen LogP contribution >= 0.6 is 11.3 Å². The molecule has 1 aromatic heterocycles. The number of benzene rings is 1. The molecule has 5 heteroatoms. The standard InChI is InChI=1S/C13H14FNO2S/c1-8(16)12-4-3-10(14)5-13(12)17-6-11-7-18-9(2)15-11/h3-5,7-8,16H,6H2,1-2H3/t8-/m1/s1. The van der Waals surface area contributed by atoms with Crippen LogP contribution in [0.1, 0.15) is 29.3 Å². The summed E-state index contributed by atoms with van der Waals surface area (Å²) in [6, 6.07) is 4.12. The molecule has 0 aliphatic heterocycles. The van der Waals surface area contributed by atoms with Crippen LogP contribution in [0.5, 0.6) is 5.75 Å². The Hall–Kier alpha value is -1.46. The second-order valence-corrected chi connectivity index (χ2v) is 5.07. The van der Waals surface area contributed by atoms with E-state index in [1.165, 1.54) is 29.5 Å². The molecule has 1 N–H and O–H groups in total. The number of aliphatic hydroxyl groups is 1. The van der Waals surface area contributed by atoms with Crippen LogP contribution < -0.4 is 4.74 Å². The summed E-state index contributed by atoms with van der Waals surface area (Å²) >= 11 is 1.54. The van der Waals surface area contributed by atoms with E-state index in [2.05, 4.69) is 4.98 Å². The Bertz CT molecular complexity index is 540. The Morgan fingerprint density at radius 1 is 1.50 bits per heavy atom. The minimum Gasteiger partial charge on any atom is -0.487 e. The fourth-order valence-corrected chi connectivity index (χ4v) is 2.20. The van der Waals surface area contributed by atoms with Gasteiger partial charge in [-0.3, -0.25) is 0 Å². The van der Waals surface area contributed by atoms with Crippen molar-refractivity contribution < 1.29 is 14.2 Å².